The predicted molar refractivity (Wildman–Crippen MR) is 73.7 cm³/mol. The van der Waals surface area contributed by atoms with Crippen LogP contribution in [0.15, 0.2) is 41.4 Å². The Labute approximate surface area is 114 Å². The fraction of sp³-hybridized carbons (Fsp3) is 0.154. The van der Waals surface area contributed by atoms with Crippen molar-refractivity contribution >= 4 is 23.2 Å². The number of carbonyl (C=O) groups is 1. The monoisotopic (exact) mass is 276 g/mol. The van der Waals surface area contributed by atoms with Gasteiger partial charge in [0.25, 0.3) is 5.69 Å². The van der Waals surface area contributed by atoms with Gasteiger partial charge in [0.15, 0.2) is 5.78 Å². The predicted octanol–water partition coefficient (Wildman–Crippen LogP) is 3.21. The number of carbonyl (C=O) groups excluding carboxylic acids is 1. The van der Waals surface area contributed by atoms with Crippen LogP contribution in [0.25, 0.3) is 0 Å². The first kappa shape index (κ1) is 13.4. The number of hydrogen-bond acceptors (Lipinski definition) is 4. The van der Waals surface area contributed by atoms with Crippen LogP contribution in [0.2, 0.25) is 0 Å². The number of aromatic amines is 1. The Balaban J connectivity index is 1.99. The van der Waals surface area contributed by atoms with Gasteiger partial charge in [0.1, 0.15) is 0 Å². The topological polar surface area (TPSA) is 76.0 Å². The van der Waals surface area contributed by atoms with Crippen LogP contribution in [-0.4, -0.2) is 21.4 Å². The van der Waals surface area contributed by atoms with E-state index in [1.807, 2.05) is 31.2 Å². The highest BCUT2D eigenvalue weighted by Crippen LogP contribution is 2.21. The van der Waals surface area contributed by atoms with Gasteiger partial charge in [-0.2, -0.15) is 0 Å². The Bertz CT molecular complexity index is 622. The molecule has 0 aliphatic heterocycles. The van der Waals surface area contributed by atoms with E-state index in [0.717, 1.165) is 10.5 Å². The summed E-state index contributed by atoms with van der Waals surface area (Å²) in [6, 6.07) is 9.11. The molecule has 0 aliphatic carbocycles. The second-order valence-corrected chi connectivity index (χ2v) is 5.11. The summed E-state index contributed by atoms with van der Waals surface area (Å²) in [4.78, 5) is 25.5. The standard InChI is InChI=1S/C13H12N2O3S/c1-9-3-2-4-11(5-9)19-8-13(16)12-6-10(7-14-12)15(17)18/h2-7,14H,8H2,1H3. The number of aryl methyl sites for hydroxylation is 1. The summed E-state index contributed by atoms with van der Waals surface area (Å²) in [6.45, 7) is 1.99. The van der Waals surface area contributed by atoms with Crippen molar-refractivity contribution in [3.05, 3.63) is 57.9 Å². The van der Waals surface area contributed by atoms with Crippen LogP contribution in [-0.2, 0) is 0 Å². The van der Waals surface area contributed by atoms with Crippen molar-refractivity contribution in [1.82, 2.24) is 4.98 Å². The van der Waals surface area contributed by atoms with Crippen LogP contribution in [0, 0.1) is 17.0 Å². The lowest BCUT2D eigenvalue weighted by Gasteiger charge is -2.01. The van der Waals surface area contributed by atoms with Crippen LogP contribution in [0.5, 0.6) is 0 Å². The molecule has 0 saturated heterocycles. The fourth-order valence-electron chi connectivity index (χ4n) is 1.58. The van der Waals surface area contributed by atoms with Gasteiger partial charge >= 0.3 is 0 Å². The summed E-state index contributed by atoms with van der Waals surface area (Å²) < 4.78 is 0. The van der Waals surface area contributed by atoms with Gasteiger partial charge < -0.3 is 4.98 Å². The third kappa shape index (κ3) is 3.45. The number of aromatic nitrogens is 1. The maximum Gasteiger partial charge on any atom is 0.287 e. The van der Waals surface area contributed by atoms with Crippen molar-refractivity contribution < 1.29 is 9.72 Å². The number of benzene rings is 1. The highest BCUT2D eigenvalue weighted by Gasteiger charge is 2.14. The first-order valence-corrected chi connectivity index (χ1v) is 6.60. The molecule has 1 N–H and O–H groups in total. The Morgan fingerprint density at radius 1 is 1.42 bits per heavy atom. The minimum Gasteiger partial charge on any atom is -0.353 e. The zero-order chi connectivity index (χ0) is 13.8. The van der Waals surface area contributed by atoms with Crippen LogP contribution in [0.4, 0.5) is 5.69 Å². The zero-order valence-electron chi connectivity index (χ0n) is 10.3. The van der Waals surface area contributed by atoms with Crippen molar-refractivity contribution in [1.29, 1.82) is 0 Å². The van der Waals surface area contributed by atoms with Gasteiger partial charge in [-0.05, 0) is 19.1 Å². The van der Waals surface area contributed by atoms with Crippen molar-refractivity contribution in [2.75, 3.05) is 5.75 Å². The van der Waals surface area contributed by atoms with E-state index in [4.69, 9.17) is 0 Å². The summed E-state index contributed by atoms with van der Waals surface area (Å²) in [5.41, 5.74) is 1.31. The molecule has 0 aliphatic rings. The van der Waals surface area contributed by atoms with Gasteiger partial charge in [-0.3, -0.25) is 14.9 Å². The third-order valence-corrected chi connectivity index (χ3v) is 3.53. The Hall–Kier alpha value is -2.08. The van der Waals surface area contributed by atoms with E-state index in [9.17, 15) is 14.9 Å². The molecule has 2 aromatic rings. The van der Waals surface area contributed by atoms with Crippen molar-refractivity contribution in [3.63, 3.8) is 0 Å². The molecule has 0 saturated carbocycles. The third-order valence-electron chi connectivity index (χ3n) is 2.54. The smallest absolute Gasteiger partial charge is 0.287 e. The highest BCUT2D eigenvalue weighted by molar-refractivity contribution is 8.00. The van der Waals surface area contributed by atoms with Gasteiger partial charge in [-0.1, -0.05) is 17.7 Å². The SMILES string of the molecule is Cc1cccc(SCC(=O)c2cc([N+](=O)[O-])c[nH]2)c1. The average Bonchev–Trinajstić information content (AvgIpc) is 2.86. The van der Waals surface area contributed by atoms with E-state index in [1.54, 1.807) is 0 Å². The molecule has 6 heteroatoms. The van der Waals surface area contributed by atoms with Crippen LogP contribution in [0.3, 0.4) is 0 Å². The molecule has 5 nitrogen and oxygen atoms in total. The quantitative estimate of drug-likeness (QED) is 0.394. The number of nitrogens with one attached hydrogen (secondary N) is 1. The fourth-order valence-corrected chi connectivity index (χ4v) is 2.48. The number of rotatable bonds is 5. The average molecular weight is 276 g/mol. The first-order chi connectivity index (χ1) is 9.06. The lowest BCUT2D eigenvalue weighted by molar-refractivity contribution is -0.384. The molecule has 0 atom stereocenters. The lowest BCUT2D eigenvalue weighted by Crippen LogP contribution is -2.02. The van der Waals surface area contributed by atoms with Crippen molar-refractivity contribution in [3.8, 4) is 0 Å². The maximum atomic E-state index is 11.9. The molecule has 0 amide bonds. The minimum atomic E-state index is -0.527. The van der Waals surface area contributed by atoms with E-state index < -0.39 is 4.92 Å². The summed E-state index contributed by atoms with van der Waals surface area (Å²) in [5, 5.41) is 10.5. The molecular formula is C13H12N2O3S. The number of H-pyrrole nitrogens is 1. The lowest BCUT2D eigenvalue weighted by atomic mass is 10.2. The van der Waals surface area contributed by atoms with Gasteiger partial charge in [0.2, 0.25) is 0 Å². The number of Topliss-reactive ketones (excluding diaryl/α,β-unsaturated/α-hetero) is 1. The highest BCUT2D eigenvalue weighted by atomic mass is 32.2. The first-order valence-electron chi connectivity index (χ1n) is 5.62. The Morgan fingerprint density at radius 2 is 2.21 bits per heavy atom. The molecule has 0 bridgehead atoms. The number of nitrogens with zero attached hydrogens (tertiary/aromatic N) is 1. The van der Waals surface area contributed by atoms with Crippen molar-refractivity contribution in [2.45, 2.75) is 11.8 Å². The van der Waals surface area contributed by atoms with Gasteiger partial charge in [0.05, 0.1) is 22.6 Å². The Kier molecular flexibility index (Phi) is 4.01. The summed E-state index contributed by atoms with van der Waals surface area (Å²) >= 11 is 1.42. The number of nitro groups is 1. The minimum absolute atomic E-state index is 0.0936. The van der Waals surface area contributed by atoms with Gasteiger partial charge in [-0.25, -0.2) is 0 Å². The van der Waals surface area contributed by atoms with Crippen LogP contribution >= 0.6 is 11.8 Å². The van der Waals surface area contributed by atoms with Crippen molar-refractivity contribution in [2.24, 2.45) is 0 Å². The molecule has 0 unspecified atom stereocenters. The van der Waals surface area contributed by atoms with Gasteiger partial charge in [-0.15, -0.1) is 11.8 Å². The molecule has 0 fully saturated rings. The second-order valence-electron chi connectivity index (χ2n) is 4.06. The molecule has 0 radical (unpaired) electrons. The maximum absolute atomic E-state index is 11.9. The zero-order valence-corrected chi connectivity index (χ0v) is 11.1. The summed E-state index contributed by atoms with van der Waals surface area (Å²) in [6.07, 6.45) is 1.23. The van der Waals surface area contributed by atoms with Crippen LogP contribution in [0.1, 0.15) is 16.1 Å². The van der Waals surface area contributed by atoms with E-state index >= 15 is 0 Å². The second kappa shape index (κ2) is 5.71. The summed E-state index contributed by atoms with van der Waals surface area (Å²) in [5.74, 6) is 0.0980. The number of ketones is 1. The van der Waals surface area contributed by atoms with E-state index in [1.165, 1.54) is 24.0 Å². The molecule has 1 heterocycles. The summed E-state index contributed by atoms with van der Waals surface area (Å²) in [7, 11) is 0. The van der Waals surface area contributed by atoms with E-state index in [0.29, 0.717) is 0 Å². The van der Waals surface area contributed by atoms with E-state index in [2.05, 4.69) is 4.98 Å². The van der Waals surface area contributed by atoms with Gasteiger partial charge in [0, 0.05) is 11.0 Å². The normalized spacial score (nSPS) is 10.4. The molecule has 19 heavy (non-hydrogen) atoms. The molecule has 1 aromatic heterocycles. The molecule has 98 valence electrons. The molecular weight excluding hydrogens is 264 g/mol. The number of hydrogen-bond donors (Lipinski definition) is 1. The molecule has 0 spiro atoms. The Morgan fingerprint density at radius 3 is 2.84 bits per heavy atom. The van der Waals surface area contributed by atoms with E-state index in [-0.39, 0.29) is 22.9 Å². The molecule has 1 aromatic carbocycles. The number of thioether (sulfide) groups is 1. The molecule has 2 rings (SSSR count). The largest absolute Gasteiger partial charge is 0.353 e. The van der Waals surface area contributed by atoms with Crippen LogP contribution < -0.4 is 0 Å².